The van der Waals surface area contributed by atoms with E-state index in [4.69, 9.17) is 5.11 Å². The van der Waals surface area contributed by atoms with Crippen molar-refractivity contribution in [2.75, 3.05) is 27.2 Å². The average molecular weight is 200 g/mol. The minimum absolute atomic E-state index is 0.0240. The number of carbonyl (C=O) groups is 2. The summed E-state index contributed by atoms with van der Waals surface area (Å²) in [6.07, 6.45) is 0.637. The van der Waals surface area contributed by atoms with E-state index in [2.05, 4.69) is 0 Å². The zero-order chi connectivity index (χ0) is 10.7. The fourth-order valence-corrected chi connectivity index (χ4v) is 1.72. The minimum atomic E-state index is -0.929. The van der Waals surface area contributed by atoms with Crippen LogP contribution in [-0.4, -0.2) is 54.1 Å². The van der Waals surface area contributed by atoms with E-state index in [1.807, 2.05) is 0 Å². The Hall–Kier alpha value is -1.26. The molecule has 80 valence electrons. The van der Waals surface area contributed by atoms with Crippen LogP contribution in [-0.2, 0) is 4.79 Å². The highest BCUT2D eigenvalue weighted by Gasteiger charge is 2.28. The van der Waals surface area contributed by atoms with Crippen molar-refractivity contribution < 1.29 is 14.7 Å². The van der Waals surface area contributed by atoms with E-state index in [9.17, 15) is 9.59 Å². The van der Waals surface area contributed by atoms with E-state index in [1.165, 1.54) is 9.80 Å². The van der Waals surface area contributed by atoms with Gasteiger partial charge in [-0.3, -0.25) is 4.79 Å². The lowest BCUT2D eigenvalue weighted by Crippen LogP contribution is -2.44. The van der Waals surface area contributed by atoms with Crippen molar-refractivity contribution in [3.8, 4) is 0 Å². The standard InChI is InChI=1S/C9H16N2O3/c1-10(2)8(12)7-4-3-5-11(6-7)9(13)14/h7H,3-6H2,1-2H3,(H,13,14). The summed E-state index contributed by atoms with van der Waals surface area (Å²) in [7, 11) is 3.39. The number of hydrogen-bond acceptors (Lipinski definition) is 2. The highest BCUT2D eigenvalue weighted by atomic mass is 16.4. The first-order chi connectivity index (χ1) is 6.52. The molecule has 1 heterocycles. The fraction of sp³-hybridized carbons (Fsp3) is 0.778. The number of carboxylic acid groups (broad SMARTS) is 1. The SMILES string of the molecule is CN(C)C(=O)C1CCCN(C(=O)O)C1. The van der Waals surface area contributed by atoms with Gasteiger partial charge in [0.15, 0.2) is 0 Å². The van der Waals surface area contributed by atoms with Crippen molar-refractivity contribution in [1.82, 2.24) is 9.80 Å². The van der Waals surface area contributed by atoms with Gasteiger partial charge in [-0.15, -0.1) is 0 Å². The molecule has 2 amide bonds. The Labute approximate surface area is 83.3 Å². The maximum absolute atomic E-state index is 11.6. The number of amides is 2. The van der Waals surface area contributed by atoms with Gasteiger partial charge in [-0.05, 0) is 12.8 Å². The zero-order valence-corrected chi connectivity index (χ0v) is 8.56. The molecule has 1 saturated heterocycles. The number of nitrogens with zero attached hydrogens (tertiary/aromatic N) is 2. The summed E-state index contributed by atoms with van der Waals surface area (Å²) in [4.78, 5) is 25.1. The van der Waals surface area contributed by atoms with E-state index >= 15 is 0 Å². The number of hydrogen-bond donors (Lipinski definition) is 1. The first-order valence-electron chi connectivity index (χ1n) is 4.71. The second-order valence-electron chi connectivity index (χ2n) is 3.80. The number of rotatable bonds is 1. The van der Waals surface area contributed by atoms with Crippen molar-refractivity contribution in [1.29, 1.82) is 0 Å². The molecule has 1 aliphatic rings. The molecule has 1 aliphatic heterocycles. The van der Waals surface area contributed by atoms with Gasteiger partial charge in [-0.25, -0.2) is 4.79 Å². The first kappa shape index (κ1) is 10.8. The second-order valence-corrected chi connectivity index (χ2v) is 3.80. The van der Waals surface area contributed by atoms with Crippen molar-refractivity contribution in [2.45, 2.75) is 12.8 Å². The zero-order valence-electron chi connectivity index (χ0n) is 8.56. The predicted octanol–water partition coefficient (Wildman–Crippen LogP) is 0.465. The summed E-state index contributed by atoms with van der Waals surface area (Å²) in [6, 6.07) is 0. The van der Waals surface area contributed by atoms with Crippen LogP contribution in [0.5, 0.6) is 0 Å². The molecule has 0 aromatic heterocycles. The molecule has 1 fully saturated rings. The average Bonchev–Trinajstić information content (AvgIpc) is 2.16. The van der Waals surface area contributed by atoms with E-state index in [0.717, 1.165) is 12.8 Å². The van der Waals surface area contributed by atoms with Gasteiger partial charge in [0, 0.05) is 27.2 Å². The maximum atomic E-state index is 11.6. The molecular weight excluding hydrogens is 184 g/mol. The number of piperidine rings is 1. The molecule has 5 heteroatoms. The van der Waals surface area contributed by atoms with Crippen LogP contribution >= 0.6 is 0 Å². The molecule has 5 nitrogen and oxygen atoms in total. The van der Waals surface area contributed by atoms with E-state index in [1.54, 1.807) is 14.1 Å². The third kappa shape index (κ3) is 2.37. The molecule has 1 N–H and O–H groups in total. The van der Waals surface area contributed by atoms with Crippen molar-refractivity contribution >= 4 is 12.0 Å². The summed E-state index contributed by atoms with van der Waals surface area (Å²) < 4.78 is 0. The van der Waals surface area contributed by atoms with Crippen LogP contribution in [0, 0.1) is 5.92 Å². The molecule has 0 radical (unpaired) electrons. The van der Waals surface area contributed by atoms with Gasteiger partial charge in [0.2, 0.25) is 5.91 Å². The Morgan fingerprint density at radius 2 is 2.07 bits per heavy atom. The normalized spacial score (nSPS) is 21.9. The smallest absolute Gasteiger partial charge is 0.407 e. The summed E-state index contributed by atoms with van der Waals surface area (Å²) in [5, 5.41) is 8.78. The van der Waals surface area contributed by atoms with Crippen LogP contribution in [0.4, 0.5) is 4.79 Å². The highest BCUT2D eigenvalue weighted by molar-refractivity contribution is 5.79. The molecular formula is C9H16N2O3. The van der Waals surface area contributed by atoms with Crippen LogP contribution < -0.4 is 0 Å². The Morgan fingerprint density at radius 1 is 1.43 bits per heavy atom. The third-order valence-corrected chi connectivity index (χ3v) is 2.48. The summed E-state index contributed by atoms with van der Waals surface area (Å²) in [5.41, 5.74) is 0. The predicted molar refractivity (Wildman–Crippen MR) is 51.0 cm³/mol. The van der Waals surface area contributed by atoms with E-state index in [-0.39, 0.29) is 11.8 Å². The van der Waals surface area contributed by atoms with Crippen LogP contribution in [0.1, 0.15) is 12.8 Å². The molecule has 0 aromatic rings. The molecule has 0 saturated carbocycles. The molecule has 1 atom stereocenters. The molecule has 0 bridgehead atoms. The second kappa shape index (κ2) is 4.30. The van der Waals surface area contributed by atoms with E-state index in [0.29, 0.717) is 13.1 Å². The molecule has 0 spiro atoms. The monoisotopic (exact) mass is 200 g/mol. The Balaban J connectivity index is 2.56. The molecule has 1 rings (SSSR count). The highest BCUT2D eigenvalue weighted by Crippen LogP contribution is 2.17. The largest absolute Gasteiger partial charge is 0.465 e. The molecule has 14 heavy (non-hydrogen) atoms. The van der Waals surface area contributed by atoms with Gasteiger partial charge in [0.05, 0.1) is 5.92 Å². The topological polar surface area (TPSA) is 60.9 Å². The fourth-order valence-electron chi connectivity index (χ4n) is 1.72. The Kier molecular flexibility index (Phi) is 3.33. The van der Waals surface area contributed by atoms with Gasteiger partial charge in [-0.1, -0.05) is 0 Å². The maximum Gasteiger partial charge on any atom is 0.407 e. The number of likely N-dealkylation sites (tertiary alicyclic amines) is 1. The van der Waals surface area contributed by atoms with Crippen molar-refractivity contribution in [2.24, 2.45) is 5.92 Å². The van der Waals surface area contributed by atoms with Gasteiger partial charge >= 0.3 is 6.09 Å². The summed E-state index contributed by atoms with van der Waals surface area (Å²) >= 11 is 0. The van der Waals surface area contributed by atoms with Crippen LogP contribution in [0.25, 0.3) is 0 Å². The van der Waals surface area contributed by atoms with Crippen molar-refractivity contribution in [3.05, 3.63) is 0 Å². The van der Waals surface area contributed by atoms with Crippen LogP contribution in [0.3, 0.4) is 0 Å². The quantitative estimate of drug-likeness (QED) is 0.669. The van der Waals surface area contributed by atoms with Crippen LogP contribution in [0.15, 0.2) is 0 Å². The van der Waals surface area contributed by atoms with Crippen molar-refractivity contribution in [3.63, 3.8) is 0 Å². The van der Waals surface area contributed by atoms with E-state index < -0.39 is 6.09 Å². The first-order valence-corrected chi connectivity index (χ1v) is 4.71. The molecule has 0 aromatic carbocycles. The van der Waals surface area contributed by atoms with Gasteiger partial charge < -0.3 is 14.9 Å². The van der Waals surface area contributed by atoms with Crippen LogP contribution in [0.2, 0.25) is 0 Å². The van der Waals surface area contributed by atoms with Gasteiger partial charge in [0.1, 0.15) is 0 Å². The molecule has 0 aliphatic carbocycles. The lowest BCUT2D eigenvalue weighted by Gasteiger charge is -2.31. The summed E-state index contributed by atoms with van der Waals surface area (Å²) in [5.74, 6) is -0.134. The van der Waals surface area contributed by atoms with Gasteiger partial charge in [-0.2, -0.15) is 0 Å². The minimum Gasteiger partial charge on any atom is -0.465 e. The van der Waals surface area contributed by atoms with Gasteiger partial charge in [0.25, 0.3) is 0 Å². The lowest BCUT2D eigenvalue weighted by molar-refractivity contribution is -0.134. The Bertz CT molecular complexity index is 240. The lowest BCUT2D eigenvalue weighted by atomic mass is 9.97. The molecule has 1 unspecified atom stereocenters. The number of carbonyl (C=O) groups excluding carboxylic acids is 1. The third-order valence-electron chi connectivity index (χ3n) is 2.48. The Morgan fingerprint density at radius 3 is 2.57 bits per heavy atom. The summed E-state index contributed by atoms with van der Waals surface area (Å²) in [6.45, 7) is 0.888.